The van der Waals surface area contributed by atoms with Gasteiger partial charge in [0.05, 0.1) is 12.3 Å². The second-order valence-corrected chi connectivity index (χ2v) is 6.65. The predicted octanol–water partition coefficient (Wildman–Crippen LogP) is 2.83. The van der Waals surface area contributed by atoms with E-state index in [-0.39, 0.29) is 0 Å². The number of hydrogen-bond acceptors (Lipinski definition) is 4. The third-order valence-electron chi connectivity index (χ3n) is 4.46. The van der Waals surface area contributed by atoms with Gasteiger partial charge in [-0.2, -0.15) is 4.98 Å². The lowest BCUT2D eigenvalue weighted by molar-refractivity contribution is 0.290. The summed E-state index contributed by atoms with van der Waals surface area (Å²) in [6, 6.07) is 4.70. The normalized spacial score (nSPS) is 21.8. The molecule has 0 atom stereocenters. The molecule has 0 amide bonds. The zero-order valence-electron chi connectivity index (χ0n) is 11.9. The predicted molar refractivity (Wildman–Crippen MR) is 80.0 cm³/mol. The van der Waals surface area contributed by atoms with Gasteiger partial charge in [0.15, 0.2) is 0 Å². The molecule has 4 rings (SSSR count). The Balaban J connectivity index is 1.50. The van der Waals surface area contributed by atoms with Gasteiger partial charge in [0.25, 0.3) is 0 Å². The number of anilines is 2. The molecule has 0 unspecified atom stereocenters. The van der Waals surface area contributed by atoms with Gasteiger partial charge in [0, 0.05) is 12.6 Å². The first-order valence-corrected chi connectivity index (χ1v) is 7.95. The Morgan fingerprint density at radius 1 is 1.10 bits per heavy atom. The zero-order chi connectivity index (χ0) is 13.5. The summed E-state index contributed by atoms with van der Waals surface area (Å²) in [6.07, 6.45) is 7.94. The van der Waals surface area contributed by atoms with Crippen LogP contribution in [0.25, 0.3) is 0 Å². The van der Waals surface area contributed by atoms with Crippen LogP contribution in [0.3, 0.4) is 0 Å². The van der Waals surface area contributed by atoms with Gasteiger partial charge < -0.3 is 15.4 Å². The van der Waals surface area contributed by atoms with Crippen molar-refractivity contribution in [2.45, 2.75) is 44.6 Å². The zero-order valence-corrected chi connectivity index (χ0v) is 11.9. The molecular weight excluding hydrogens is 250 g/mol. The second kappa shape index (κ2) is 4.83. The molecule has 0 spiro atoms. The standard InChI is InChI=1S/C16H23N3O/c17-14-7-8-15(18-16(14)20-10-12-3-4-12)19(13-5-6-13)9-11-1-2-11/h7-8,11-13H,1-6,9-10,17H2. The first kappa shape index (κ1) is 12.3. The number of pyridine rings is 1. The van der Waals surface area contributed by atoms with Gasteiger partial charge in [-0.05, 0) is 62.5 Å². The minimum atomic E-state index is 0.635. The SMILES string of the molecule is Nc1ccc(N(CC2CC2)C2CC2)nc1OCC1CC1. The molecule has 4 nitrogen and oxygen atoms in total. The summed E-state index contributed by atoms with van der Waals surface area (Å²) >= 11 is 0. The van der Waals surface area contributed by atoms with Crippen LogP contribution in [0.4, 0.5) is 11.5 Å². The first-order valence-electron chi connectivity index (χ1n) is 7.95. The number of ether oxygens (including phenoxy) is 1. The molecule has 0 aromatic carbocycles. The lowest BCUT2D eigenvalue weighted by atomic mass is 10.3. The third-order valence-corrected chi connectivity index (χ3v) is 4.46. The Morgan fingerprint density at radius 2 is 1.85 bits per heavy atom. The number of rotatable bonds is 7. The molecule has 0 saturated heterocycles. The quantitative estimate of drug-likeness (QED) is 0.830. The van der Waals surface area contributed by atoms with Crippen LogP contribution < -0.4 is 15.4 Å². The van der Waals surface area contributed by atoms with Crippen LogP contribution in [0.15, 0.2) is 12.1 Å². The summed E-state index contributed by atoms with van der Waals surface area (Å²) in [5.41, 5.74) is 6.66. The van der Waals surface area contributed by atoms with E-state index in [1.54, 1.807) is 0 Å². The van der Waals surface area contributed by atoms with Crippen molar-refractivity contribution in [2.24, 2.45) is 11.8 Å². The van der Waals surface area contributed by atoms with Gasteiger partial charge in [-0.3, -0.25) is 0 Å². The van der Waals surface area contributed by atoms with E-state index in [2.05, 4.69) is 11.0 Å². The monoisotopic (exact) mass is 273 g/mol. The topological polar surface area (TPSA) is 51.4 Å². The first-order chi connectivity index (χ1) is 9.79. The fraction of sp³-hybridized carbons (Fsp3) is 0.688. The smallest absolute Gasteiger partial charge is 0.239 e. The molecule has 3 fully saturated rings. The Kier molecular flexibility index (Phi) is 2.97. The highest BCUT2D eigenvalue weighted by atomic mass is 16.5. The molecule has 3 aliphatic carbocycles. The van der Waals surface area contributed by atoms with E-state index in [1.807, 2.05) is 6.07 Å². The molecule has 3 aliphatic rings. The number of nitrogens with two attached hydrogens (primary N) is 1. The van der Waals surface area contributed by atoms with Crippen LogP contribution >= 0.6 is 0 Å². The van der Waals surface area contributed by atoms with Crippen LogP contribution in [0.1, 0.15) is 38.5 Å². The van der Waals surface area contributed by atoms with E-state index < -0.39 is 0 Å². The van der Waals surface area contributed by atoms with E-state index in [1.165, 1.54) is 38.5 Å². The van der Waals surface area contributed by atoms with Crippen molar-refractivity contribution in [3.05, 3.63) is 12.1 Å². The van der Waals surface area contributed by atoms with Gasteiger partial charge >= 0.3 is 0 Å². The molecule has 0 radical (unpaired) electrons. The van der Waals surface area contributed by atoms with Crippen molar-refractivity contribution in [1.29, 1.82) is 0 Å². The Labute approximate surface area is 120 Å². The highest BCUT2D eigenvalue weighted by molar-refractivity contribution is 5.55. The number of hydrogen-bond donors (Lipinski definition) is 1. The van der Waals surface area contributed by atoms with Crippen LogP contribution in [-0.2, 0) is 0 Å². The number of nitrogen functional groups attached to an aromatic ring is 1. The summed E-state index contributed by atoms with van der Waals surface area (Å²) in [4.78, 5) is 7.17. The summed E-state index contributed by atoms with van der Waals surface area (Å²) in [5.74, 6) is 3.30. The maximum atomic E-state index is 6.00. The van der Waals surface area contributed by atoms with Gasteiger partial charge in [-0.15, -0.1) is 0 Å². The van der Waals surface area contributed by atoms with Crippen LogP contribution in [-0.4, -0.2) is 24.2 Å². The van der Waals surface area contributed by atoms with E-state index in [0.29, 0.717) is 17.6 Å². The molecule has 1 aromatic rings. The van der Waals surface area contributed by atoms with Crippen LogP contribution in [0.5, 0.6) is 5.88 Å². The summed E-state index contributed by atoms with van der Waals surface area (Å²) in [5, 5.41) is 0. The average molecular weight is 273 g/mol. The Hall–Kier alpha value is -1.45. The summed E-state index contributed by atoms with van der Waals surface area (Å²) < 4.78 is 5.81. The number of aromatic nitrogens is 1. The lowest BCUT2D eigenvalue weighted by Crippen LogP contribution is -2.29. The van der Waals surface area contributed by atoms with Crippen molar-refractivity contribution >= 4 is 11.5 Å². The van der Waals surface area contributed by atoms with Gasteiger partial charge in [-0.1, -0.05) is 0 Å². The fourth-order valence-electron chi connectivity index (χ4n) is 2.59. The molecule has 0 aliphatic heterocycles. The summed E-state index contributed by atoms with van der Waals surface area (Å²) in [6.45, 7) is 1.93. The molecule has 20 heavy (non-hydrogen) atoms. The fourth-order valence-corrected chi connectivity index (χ4v) is 2.59. The maximum Gasteiger partial charge on any atom is 0.239 e. The minimum absolute atomic E-state index is 0.635. The van der Waals surface area contributed by atoms with Crippen molar-refractivity contribution in [3.63, 3.8) is 0 Å². The molecule has 1 heterocycles. The van der Waals surface area contributed by atoms with E-state index in [4.69, 9.17) is 15.5 Å². The van der Waals surface area contributed by atoms with Gasteiger partial charge in [-0.25, -0.2) is 0 Å². The highest BCUT2D eigenvalue weighted by Gasteiger charge is 2.34. The van der Waals surface area contributed by atoms with E-state index in [0.717, 1.165) is 30.8 Å². The molecule has 0 bridgehead atoms. The average Bonchev–Trinajstić information content (AvgIpc) is 3.26. The Morgan fingerprint density at radius 3 is 2.50 bits per heavy atom. The maximum absolute atomic E-state index is 6.00. The van der Waals surface area contributed by atoms with Crippen molar-refractivity contribution in [1.82, 2.24) is 4.98 Å². The Bertz CT molecular complexity index is 492. The number of nitrogens with zero attached hydrogens (tertiary/aromatic N) is 2. The van der Waals surface area contributed by atoms with Crippen molar-refractivity contribution in [3.8, 4) is 5.88 Å². The van der Waals surface area contributed by atoms with Crippen LogP contribution in [0, 0.1) is 11.8 Å². The molecule has 4 heteroatoms. The highest BCUT2D eigenvalue weighted by Crippen LogP contribution is 2.38. The van der Waals surface area contributed by atoms with Gasteiger partial charge in [0.1, 0.15) is 5.82 Å². The molecule has 3 saturated carbocycles. The van der Waals surface area contributed by atoms with Crippen molar-refractivity contribution < 1.29 is 4.74 Å². The minimum Gasteiger partial charge on any atom is -0.476 e. The summed E-state index contributed by atoms with van der Waals surface area (Å²) in [7, 11) is 0. The van der Waals surface area contributed by atoms with Crippen molar-refractivity contribution in [2.75, 3.05) is 23.8 Å². The third kappa shape index (κ3) is 2.84. The molecule has 1 aromatic heterocycles. The molecular formula is C16H23N3O. The van der Waals surface area contributed by atoms with Gasteiger partial charge in [0.2, 0.25) is 5.88 Å². The largest absolute Gasteiger partial charge is 0.476 e. The molecule has 2 N–H and O–H groups in total. The lowest BCUT2D eigenvalue weighted by Gasteiger charge is -2.24. The van der Waals surface area contributed by atoms with E-state index in [9.17, 15) is 0 Å². The molecule has 108 valence electrons. The second-order valence-electron chi connectivity index (χ2n) is 6.65. The van der Waals surface area contributed by atoms with E-state index >= 15 is 0 Å². The van der Waals surface area contributed by atoms with Crippen LogP contribution in [0.2, 0.25) is 0 Å².